The van der Waals surface area contributed by atoms with E-state index in [9.17, 15) is 4.79 Å². The Hall–Kier alpha value is -1.02. The minimum Gasteiger partial charge on any atom is -0.335 e. The largest absolute Gasteiger partial charge is 0.335 e. The second kappa shape index (κ2) is 4.77. The van der Waals surface area contributed by atoms with E-state index in [0.29, 0.717) is 11.8 Å². The molecule has 2 saturated carbocycles. The summed E-state index contributed by atoms with van der Waals surface area (Å²) >= 11 is 6.10. The molecule has 1 heterocycles. The van der Waals surface area contributed by atoms with Gasteiger partial charge < -0.3 is 4.90 Å². The lowest BCUT2D eigenvalue weighted by Gasteiger charge is -2.28. The van der Waals surface area contributed by atoms with Crippen molar-refractivity contribution in [2.24, 2.45) is 17.8 Å². The zero-order valence-corrected chi connectivity index (χ0v) is 12.4. The lowest BCUT2D eigenvalue weighted by molar-refractivity contribution is -0.136. The van der Waals surface area contributed by atoms with Crippen molar-refractivity contribution in [2.45, 2.75) is 38.1 Å². The molecule has 2 aliphatic carbocycles. The fourth-order valence-electron chi connectivity index (χ4n) is 4.24. The van der Waals surface area contributed by atoms with E-state index >= 15 is 0 Å². The van der Waals surface area contributed by atoms with Crippen molar-refractivity contribution >= 4 is 17.5 Å². The highest BCUT2D eigenvalue weighted by atomic mass is 35.5. The third-order valence-electron chi connectivity index (χ3n) is 5.36. The van der Waals surface area contributed by atoms with E-state index in [1.54, 1.807) is 0 Å². The first-order chi connectivity index (χ1) is 9.72. The third kappa shape index (κ3) is 2.14. The van der Waals surface area contributed by atoms with Crippen LogP contribution in [0, 0.1) is 17.8 Å². The van der Waals surface area contributed by atoms with E-state index in [1.165, 1.54) is 12.0 Å². The molecule has 4 rings (SSSR count). The zero-order chi connectivity index (χ0) is 13.7. The Morgan fingerprint density at radius 1 is 1.20 bits per heavy atom. The molecule has 106 valence electrons. The van der Waals surface area contributed by atoms with Gasteiger partial charge >= 0.3 is 0 Å². The first kappa shape index (κ1) is 12.7. The van der Waals surface area contributed by atoms with Crippen LogP contribution in [-0.2, 0) is 4.79 Å². The number of benzene rings is 1. The molecule has 3 unspecified atom stereocenters. The monoisotopic (exact) mass is 289 g/mol. The van der Waals surface area contributed by atoms with Gasteiger partial charge in [0, 0.05) is 17.5 Å². The van der Waals surface area contributed by atoms with Crippen molar-refractivity contribution in [3.8, 4) is 0 Å². The fourth-order valence-corrected chi connectivity index (χ4v) is 4.44. The van der Waals surface area contributed by atoms with Gasteiger partial charge in [0.2, 0.25) is 5.91 Å². The Bertz CT molecular complexity index is 534. The predicted octanol–water partition coefficient (Wildman–Crippen LogP) is 4.05. The van der Waals surface area contributed by atoms with E-state index in [-0.39, 0.29) is 6.04 Å². The molecular weight excluding hydrogens is 270 g/mol. The van der Waals surface area contributed by atoms with Gasteiger partial charge in [-0.3, -0.25) is 4.79 Å². The average Bonchev–Trinajstić information content (AvgIpc) is 2.91. The van der Waals surface area contributed by atoms with Crippen LogP contribution in [0.5, 0.6) is 0 Å². The Morgan fingerprint density at radius 2 is 2.00 bits per heavy atom. The van der Waals surface area contributed by atoms with Gasteiger partial charge in [0.25, 0.3) is 0 Å². The summed E-state index contributed by atoms with van der Waals surface area (Å²) in [6.07, 6.45) is 5.85. The van der Waals surface area contributed by atoms with E-state index in [2.05, 4.69) is 11.0 Å². The molecule has 1 aromatic rings. The summed E-state index contributed by atoms with van der Waals surface area (Å²) in [5.41, 5.74) is 1.20. The van der Waals surface area contributed by atoms with Gasteiger partial charge in [-0.15, -0.1) is 0 Å². The van der Waals surface area contributed by atoms with Crippen molar-refractivity contribution in [1.82, 2.24) is 4.90 Å². The van der Waals surface area contributed by atoms with E-state index in [4.69, 9.17) is 11.6 Å². The van der Waals surface area contributed by atoms with Crippen molar-refractivity contribution in [3.05, 3.63) is 34.9 Å². The van der Waals surface area contributed by atoms with Crippen LogP contribution in [0.15, 0.2) is 24.3 Å². The van der Waals surface area contributed by atoms with Gasteiger partial charge in [0.1, 0.15) is 0 Å². The highest BCUT2D eigenvalue weighted by molar-refractivity contribution is 6.30. The predicted molar refractivity (Wildman–Crippen MR) is 79.5 cm³/mol. The van der Waals surface area contributed by atoms with Gasteiger partial charge in [0.05, 0.1) is 6.04 Å². The number of fused-ring (bicyclic) bond motifs is 1. The molecule has 0 radical (unpaired) electrons. The van der Waals surface area contributed by atoms with Crippen LogP contribution in [0.25, 0.3) is 0 Å². The Morgan fingerprint density at radius 3 is 2.75 bits per heavy atom. The van der Waals surface area contributed by atoms with E-state index in [1.807, 2.05) is 18.2 Å². The fraction of sp³-hybridized carbons (Fsp3) is 0.588. The summed E-state index contributed by atoms with van der Waals surface area (Å²) in [7, 11) is 0. The number of carbonyl (C=O) groups excluding carboxylic acids is 1. The topological polar surface area (TPSA) is 20.3 Å². The van der Waals surface area contributed by atoms with Crippen LogP contribution < -0.4 is 0 Å². The summed E-state index contributed by atoms with van der Waals surface area (Å²) in [6.45, 7) is 0.918. The van der Waals surface area contributed by atoms with Crippen LogP contribution in [0.1, 0.15) is 43.7 Å². The maximum absolute atomic E-state index is 12.8. The SMILES string of the molecule is O=C(C1CC2CC2C1)N1CCCC1c1cccc(Cl)c1. The molecule has 3 atom stereocenters. The van der Waals surface area contributed by atoms with Gasteiger partial charge in [-0.25, -0.2) is 0 Å². The standard InChI is InChI=1S/C17H20ClNO/c18-15-4-1-3-11(10-15)16-5-2-6-19(16)17(20)14-8-12-7-13(12)9-14/h1,3-4,10,12-14,16H,2,5-9H2. The molecule has 3 heteroatoms. The molecule has 3 fully saturated rings. The third-order valence-corrected chi connectivity index (χ3v) is 5.60. The van der Waals surface area contributed by atoms with Gasteiger partial charge in [-0.1, -0.05) is 23.7 Å². The average molecular weight is 290 g/mol. The molecule has 0 spiro atoms. The quantitative estimate of drug-likeness (QED) is 0.804. The maximum atomic E-state index is 12.8. The summed E-state index contributed by atoms with van der Waals surface area (Å²) < 4.78 is 0. The van der Waals surface area contributed by atoms with Crippen molar-refractivity contribution in [2.75, 3.05) is 6.54 Å². The molecular formula is C17H20ClNO. The van der Waals surface area contributed by atoms with Gasteiger partial charge in [-0.2, -0.15) is 0 Å². The molecule has 3 aliphatic rings. The highest BCUT2D eigenvalue weighted by Crippen LogP contribution is 2.55. The van der Waals surface area contributed by atoms with E-state index < -0.39 is 0 Å². The van der Waals surface area contributed by atoms with Gasteiger partial charge in [-0.05, 0) is 61.6 Å². The number of likely N-dealkylation sites (tertiary alicyclic amines) is 1. The highest BCUT2D eigenvalue weighted by Gasteiger charge is 2.49. The van der Waals surface area contributed by atoms with Crippen molar-refractivity contribution in [1.29, 1.82) is 0 Å². The van der Waals surface area contributed by atoms with Crippen LogP contribution in [-0.4, -0.2) is 17.4 Å². The normalized spacial score (nSPS) is 35.1. The minimum absolute atomic E-state index is 0.248. The summed E-state index contributed by atoms with van der Waals surface area (Å²) in [6, 6.07) is 8.26. The number of amides is 1. The Kier molecular flexibility index (Phi) is 3.03. The number of nitrogens with zero attached hydrogens (tertiary/aromatic N) is 1. The van der Waals surface area contributed by atoms with Crippen LogP contribution in [0.3, 0.4) is 0 Å². The van der Waals surface area contributed by atoms with Crippen LogP contribution in [0.4, 0.5) is 0 Å². The second-order valence-electron chi connectivity index (χ2n) is 6.67. The molecule has 2 nitrogen and oxygen atoms in total. The molecule has 1 amide bonds. The van der Waals surface area contributed by atoms with Crippen LogP contribution in [0.2, 0.25) is 5.02 Å². The molecule has 0 N–H and O–H groups in total. The molecule has 1 aliphatic heterocycles. The van der Waals surface area contributed by atoms with Gasteiger partial charge in [0.15, 0.2) is 0 Å². The summed E-state index contributed by atoms with van der Waals surface area (Å²) in [4.78, 5) is 14.9. The molecule has 1 saturated heterocycles. The molecule has 20 heavy (non-hydrogen) atoms. The second-order valence-corrected chi connectivity index (χ2v) is 7.11. The molecule has 0 bridgehead atoms. The summed E-state index contributed by atoms with van der Waals surface area (Å²) in [5.74, 6) is 2.45. The number of rotatable bonds is 2. The number of hydrogen-bond acceptors (Lipinski definition) is 1. The van der Waals surface area contributed by atoms with Crippen molar-refractivity contribution < 1.29 is 4.79 Å². The summed E-state index contributed by atoms with van der Waals surface area (Å²) in [5, 5.41) is 0.768. The first-order valence-electron chi connectivity index (χ1n) is 7.78. The van der Waals surface area contributed by atoms with E-state index in [0.717, 1.165) is 49.1 Å². The number of hydrogen-bond donors (Lipinski definition) is 0. The lowest BCUT2D eigenvalue weighted by atomic mass is 9.99. The Labute approximate surface area is 125 Å². The first-order valence-corrected chi connectivity index (χ1v) is 8.16. The Balaban J connectivity index is 1.53. The zero-order valence-electron chi connectivity index (χ0n) is 11.6. The maximum Gasteiger partial charge on any atom is 0.226 e. The number of halogens is 1. The van der Waals surface area contributed by atoms with Crippen molar-refractivity contribution in [3.63, 3.8) is 0 Å². The molecule has 1 aromatic carbocycles. The minimum atomic E-state index is 0.248. The van der Waals surface area contributed by atoms with Crippen LogP contribution >= 0.6 is 11.6 Å². The number of carbonyl (C=O) groups is 1. The smallest absolute Gasteiger partial charge is 0.226 e. The molecule has 0 aromatic heterocycles. The lowest BCUT2D eigenvalue weighted by Crippen LogP contribution is -2.35.